The number of nitrogens with zero attached hydrogens (tertiary/aromatic N) is 1. The monoisotopic (exact) mass is 265 g/mol. The first-order valence-corrected chi connectivity index (χ1v) is 6.28. The van der Waals surface area contributed by atoms with Crippen molar-refractivity contribution in [1.29, 1.82) is 0 Å². The molecule has 0 aliphatic carbocycles. The van der Waals surface area contributed by atoms with Crippen LogP contribution in [0, 0.1) is 5.82 Å². The summed E-state index contributed by atoms with van der Waals surface area (Å²) in [6.45, 7) is 0.314. The molecular weight excluding hydrogens is 253 g/mol. The molecule has 0 radical (unpaired) electrons. The van der Waals surface area contributed by atoms with Gasteiger partial charge in [-0.3, -0.25) is 4.79 Å². The summed E-state index contributed by atoms with van der Waals surface area (Å²) in [5.74, 6) is -1.30. The summed E-state index contributed by atoms with van der Waals surface area (Å²) in [5.41, 5.74) is 0.575. The van der Waals surface area contributed by atoms with Crippen LogP contribution in [0.25, 0.3) is 0 Å². The average molecular weight is 265 g/mol. The van der Waals surface area contributed by atoms with Gasteiger partial charge in [0.25, 0.3) is 0 Å². The summed E-state index contributed by atoms with van der Waals surface area (Å²) in [6.07, 6.45) is 0. The third-order valence-electron chi connectivity index (χ3n) is 2.43. The molecule has 2 aromatic rings. The Kier molecular flexibility index (Phi) is 3.94. The number of benzene rings is 1. The molecule has 2 rings (SSSR count). The lowest BCUT2D eigenvalue weighted by atomic mass is 10.2. The summed E-state index contributed by atoms with van der Waals surface area (Å²) >= 11 is 1.55. The molecular formula is C13H12FNO2S. The van der Waals surface area contributed by atoms with Gasteiger partial charge in [-0.2, -0.15) is 0 Å². The van der Waals surface area contributed by atoms with Crippen molar-refractivity contribution >= 4 is 23.0 Å². The molecule has 0 saturated carbocycles. The van der Waals surface area contributed by atoms with Gasteiger partial charge in [-0.25, -0.2) is 4.39 Å². The number of rotatable bonds is 5. The summed E-state index contributed by atoms with van der Waals surface area (Å²) in [4.78, 5) is 13.5. The van der Waals surface area contributed by atoms with Gasteiger partial charge in [-0.15, -0.1) is 11.3 Å². The fourth-order valence-electron chi connectivity index (χ4n) is 1.67. The van der Waals surface area contributed by atoms with Crippen LogP contribution < -0.4 is 4.90 Å². The van der Waals surface area contributed by atoms with Crippen LogP contribution in [0.3, 0.4) is 0 Å². The molecule has 0 unspecified atom stereocenters. The molecule has 0 bridgehead atoms. The van der Waals surface area contributed by atoms with E-state index in [9.17, 15) is 9.18 Å². The highest BCUT2D eigenvalue weighted by molar-refractivity contribution is 7.09. The van der Waals surface area contributed by atoms with Crippen LogP contribution in [0.4, 0.5) is 10.1 Å². The molecule has 18 heavy (non-hydrogen) atoms. The maximum Gasteiger partial charge on any atom is 0.323 e. The lowest BCUT2D eigenvalue weighted by Crippen LogP contribution is -2.28. The van der Waals surface area contributed by atoms with E-state index >= 15 is 0 Å². The molecule has 1 aromatic carbocycles. The van der Waals surface area contributed by atoms with E-state index in [0.717, 1.165) is 4.88 Å². The number of hydrogen-bond acceptors (Lipinski definition) is 3. The van der Waals surface area contributed by atoms with Gasteiger partial charge in [0, 0.05) is 10.6 Å². The molecule has 0 amide bonds. The highest BCUT2D eigenvalue weighted by Gasteiger charge is 2.12. The van der Waals surface area contributed by atoms with Gasteiger partial charge in [-0.05, 0) is 29.6 Å². The van der Waals surface area contributed by atoms with Crippen LogP contribution in [0.5, 0.6) is 0 Å². The second kappa shape index (κ2) is 5.64. The van der Waals surface area contributed by atoms with Crippen molar-refractivity contribution in [2.24, 2.45) is 0 Å². The fraction of sp³-hybridized carbons (Fsp3) is 0.154. The quantitative estimate of drug-likeness (QED) is 0.903. The van der Waals surface area contributed by atoms with E-state index in [0.29, 0.717) is 12.2 Å². The normalized spacial score (nSPS) is 10.3. The van der Waals surface area contributed by atoms with E-state index in [1.54, 1.807) is 28.4 Å². The van der Waals surface area contributed by atoms with Gasteiger partial charge in [0.05, 0.1) is 6.54 Å². The van der Waals surface area contributed by atoms with E-state index in [2.05, 4.69) is 0 Å². The van der Waals surface area contributed by atoms with E-state index in [4.69, 9.17) is 5.11 Å². The molecule has 0 saturated heterocycles. The molecule has 0 atom stereocenters. The predicted molar refractivity (Wildman–Crippen MR) is 69.4 cm³/mol. The summed E-state index contributed by atoms with van der Waals surface area (Å²) in [5, 5.41) is 10.8. The zero-order valence-electron chi connectivity index (χ0n) is 9.54. The van der Waals surface area contributed by atoms with Crippen molar-refractivity contribution in [3.63, 3.8) is 0 Å². The predicted octanol–water partition coefficient (Wildman–Crippen LogP) is 2.98. The summed E-state index contributed by atoms with van der Waals surface area (Å²) < 4.78 is 13.2. The number of carboxylic acid groups (broad SMARTS) is 1. The standard InChI is InChI=1S/C13H12FNO2S/c14-10-3-1-4-11(7-10)15(9-13(16)17)8-12-5-2-6-18-12/h1-7H,8-9H2,(H,16,17). The smallest absolute Gasteiger partial charge is 0.323 e. The molecule has 1 aromatic heterocycles. The Morgan fingerprint density at radius 1 is 1.33 bits per heavy atom. The summed E-state index contributed by atoms with van der Waals surface area (Å²) in [6, 6.07) is 9.81. The van der Waals surface area contributed by atoms with E-state index < -0.39 is 5.97 Å². The van der Waals surface area contributed by atoms with Gasteiger partial charge in [0.1, 0.15) is 12.4 Å². The highest BCUT2D eigenvalue weighted by Crippen LogP contribution is 2.20. The van der Waals surface area contributed by atoms with Crippen molar-refractivity contribution in [1.82, 2.24) is 0 Å². The molecule has 94 valence electrons. The molecule has 0 fully saturated rings. The second-order valence-electron chi connectivity index (χ2n) is 3.81. The maximum atomic E-state index is 13.2. The number of hydrogen-bond donors (Lipinski definition) is 1. The molecule has 0 aliphatic rings. The molecule has 1 N–H and O–H groups in total. The third-order valence-corrected chi connectivity index (χ3v) is 3.29. The van der Waals surface area contributed by atoms with Crippen molar-refractivity contribution in [3.8, 4) is 0 Å². The van der Waals surface area contributed by atoms with Crippen LogP contribution in [0.15, 0.2) is 41.8 Å². The lowest BCUT2D eigenvalue weighted by molar-refractivity contribution is -0.135. The number of carbonyl (C=O) groups is 1. The Morgan fingerprint density at radius 3 is 2.78 bits per heavy atom. The average Bonchev–Trinajstić information content (AvgIpc) is 2.80. The first-order valence-electron chi connectivity index (χ1n) is 5.40. The minimum atomic E-state index is -0.934. The molecule has 0 aliphatic heterocycles. The minimum absolute atomic E-state index is 0.151. The minimum Gasteiger partial charge on any atom is -0.480 e. The van der Waals surface area contributed by atoms with Gasteiger partial charge >= 0.3 is 5.97 Å². The van der Waals surface area contributed by atoms with Gasteiger partial charge < -0.3 is 10.0 Å². The van der Waals surface area contributed by atoms with Crippen LogP contribution in [-0.4, -0.2) is 17.6 Å². The SMILES string of the molecule is O=C(O)CN(Cc1cccs1)c1cccc(F)c1. The number of aliphatic carboxylic acids is 1. The van der Waals surface area contributed by atoms with Crippen LogP contribution in [-0.2, 0) is 11.3 Å². The Bertz CT molecular complexity index is 528. The zero-order valence-corrected chi connectivity index (χ0v) is 10.4. The Morgan fingerprint density at radius 2 is 2.17 bits per heavy atom. The third kappa shape index (κ3) is 3.30. The Labute approximate surface area is 108 Å². The van der Waals surface area contributed by atoms with Crippen LogP contribution >= 0.6 is 11.3 Å². The van der Waals surface area contributed by atoms with Crippen molar-refractivity contribution < 1.29 is 14.3 Å². The van der Waals surface area contributed by atoms with Gasteiger partial charge in [-0.1, -0.05) is 12.1 Å². The van der Waals surface area contributed by atoms with Crippen LogP contribution in [0.2, 0.25) is 0 Å². The Balaban J connectivity index is 2.21. The number of thiophene rings is 1. The second-order valence-corrected chi connectivity index (χ2v) is 4.84. The zero-order chi connectivity index (χ0) is 13.0. The molecule has 0 spiro atoms. The van der Waals surface area contributed by atoms with E-state index in [1.165, 1.54) is 12.1 Å². The van der Waals surface area contributed by atoms with Gasteiger partial charge in [0.15, 0.2) is 0 Å². The van der Waals surface area contributed by atoms with Crippen LogP contribution in [0.1, 0.15) is 4.88 Å². The highest BCUT2D eigenvalue weighted by atomic mass is 32.1. The first kappa shape index (κ1) is 12.6. The van der Waals surface area contributed by atoms with Crippen molar-refractivity contribution in [2.75, 3.05) is 11.4 Å². The maximum absolute atomic E-state index is 13.2. The van der Waals surface area contributed by atoms with E-state index in [-0.39, 0.29) is 12.4 Å². The van der Waals surface area contributed by atoms with Gasteiger partial charge in [0.2, 0.25) is 0 Å². The largest absolute Gasteiger partial charge is 0.480 e. The Hall–Kier alpha value is -1.88. The summed E-state index contributed by atoms with van der Waals surface area (Å²) in [7, 11) is 0. The van der Waals surface area contributed by atoms with E-state index in [1.807, 2.05) is 17.5 Å². The van der Waals surface area contributed by atoms with Crippen molar-refractivity contribution in [2.45, 2.75) is 6.54 Å². The lowest BCUT2D eigenvalue weighted by Gasteiger charge is -2.22. The van der Waals surface area contributed by atoms with Crippen molar-refractivity contribution in [3.05, 3.63) is 52.5 Å². The topological polar surface area (TPSA) is 40.5 Å². The molecule has 3 nitrogen and oxygen atoms in total. The molecule has 5 heteroatoms. The fourth-order valence-corrected chi connectivity index (χ4v) is 2.38. The molecule has 1 heterocycles. The number of anilines is 1. The number of carboxylic acids is 1. The number of halogens is 1. The first-order chi connectivity index (χ1) is 8.65.